The van der Waals surface area contributed by atoms with Gasteiger partial charge in [0.2, 0.25) is 5.76 Å². The zero-order valence-corrected chi connectivity index (χ0v) is 16.9. The molecule has 1 unspecified atom stereocenters. The second kappa shape index (κ2) is 7.53. The Balaban J connectivity index is 1.33. The zero-order chi connectivity index (χ0) is 20.6. The Morgan fingerprint density at radius 1 is 1.31 bits per heavy atom. The number of benzene rings is 1. The molecule has 1 atom stereocenters. The highest BCUT2D eigenvalue weighted by Gasteiger charge is 2.40. The summed E-state index contributed by atoms with van der Waals surface area (Å²) in [6.07, 6.45) is 4.26. The fraction of sp³-hybridized carbons (Fsp3) is 0.368. The molecule has 0 radical (unpaired) electrons. The maximum Gasteiger partial charge on any atom is 0.290 e. The van der Waals surface area contributed by atoms with Gasteiger partial charge in [-0.05, 0) is 19.8 Å². The first-order valence-electron chi connectivity index (χ1n) is 9.35. The first kappa shape index (κ1) is 19.5. The van der Waals surface area contributed by atoms with Gasteiger partial charge in [0.25, 0.3) is 5.91 Å². The van der Waals surface area contributed by atoms with Gasteiger partial charge >= 0.3 is 0 Å². The standard InChI is InChI=1S/C19H23N5O4S/c1-12(29(2,26)27)17-11-20-23-24(17)15-8-14(9-15)21-19(25)18-10-16(22-28-18)13-6-4-3-5-7-13/h3-7,10-12,14-15,20,23H,8-9H2,1-2H3,(H,21,25)/t12?,14-,15-. The first-order chi connectivity index (χ1) is 13.8. The van der Waals surface area contributed by atoms with Crippen molar-refractivity contribution in [3.05, 3.63) is 54.1 Å². The number of nitrogens with one attached hydrogen (secondary N) is 3. The largest absolute Gasteiger partial charge is 0.350 e. The van der Waals surface area contributed by atoms with Crippen molar-refractivity contribution in [3.63, 3.8) is 0 Å². The van der Waals surface area contributed by atoms with Crippen LogP contribution in [0.4, 0.5) is 0 Å². The van der Waals surface area contributed by atoms with E-state index >= 15 is 0 Å². The molecular formula is C19H23N5O4S. The molecule has 2 heterocycles. The van der Waals surface area contributed by atoms with Crippen molar-refractivity contribution < 1.29 is 17.7 Å². The number of amides is 1. The van der Waals surface area contributed by atoms with E-state index < -0.39 is 15.1 Å². The fourth-order valence-corrected chi connectivity index (χ4v) is 4.06. The number of hydrazine groups is 2. The average molecular weight is 417 g/mol. The predicted octanol–water partition coefficient (Wildman–Crippen LogP) is 1.20. The Hall–Kier alpha value is -2.85. The smallest absolute Gasteiger partial charge is 0.290 e. The van der Waals surface area contributed by atoms with E-state index in [2.05, 4.69) is 21.4 Å². The van der Waals surface area contributed by atoms with E-state index in [1.54, 1.807) is 19.2 Å². The molecule has 1 aliphatic heterocycles. The molecule has 1 aliphatic carbocycles. The van der Waals surface area contributed by atoms with Gasteiger partial charge in [0.05, 0.1) is 11.7 Å². The minimum absolute atomic E-state index is 0.0186. The summed E-state index contributed by atoms with van der Waals surface area (Å²) in [5, 5.41) is 8.11. The molecule has 2 aromatic rings. The van der Waals surface area contributed by atoms with Crippen molar-refractivity contribution in [1.29, 1.82) is 0 Å². The summed E-state index contributed by atoms with van der Waals surface area (Å²) in [4.78, 5) is 12.4. The number of carbonyl (C=O) groups excluding carboxylic acids is 1. The molecule has 1 aromatic carbocycles. The van der Waals surface area contributed by atoms with Crippen molar-refractivity contribution in [1.82, 2.24) is 26.4 Å². The molecule has 2 aliphatic rings. The van der Waals surface area contributed by atoms with Crippen LogP contribution in [-0.4, -0.2) is 48.1 Å². The molecule has 9 nitrogen and oxygen atoms in total. The van der Waals surface area contributed by atoms with Crippen LogP contribution in [0.2, 0.25) is 0 Å². The van der Waals surface area contributed by atoms with Crippen molar-refractivity contribution in [2.24, 2.45) is 0 Å². The summed E-state index contributed by atoms with van der Waals surface area (Å²) in [6, 6.07) is 11.2. The molecule has 154 valence electrons. The second-order valence-electron chi connectivity index (χ2n) is 7.41. The van der Waals surface area contributed by atoms with Crippen molar-refractivity contribution in [2.45, 2.75) is 37.1 Å². The van der Waals surface area contributed by atoms with Gasteiger partial charge in [-0.25, -0.2) is 8.42 Å². The van der Waals surface area contributed by atoms with Crippen LogP contribution in [0, 0.1) is 0 Å². The summed E-state index contributed by atoms with van der Waals surface area (Å²) in [7, 11) is -3.21. The SMILES string of the molecule is CC(C1=CNNN1[C@H]1C[C@H](NC(=O)c2cc(-c3ccccc3)no2)C1)S(C)(=O)=O. The zero-order valence-electron chi connectivity index (χ0n) is 16.1. The van der Waals surface area contributed by atoms with E-state index in [-0.39, 0.29) is 23.8 Å². The lowest BCUT2D eigenvalue weighted by Crippen LogP contribution is -2.57. The van der Waals surface area contributed by atoms with Gasteiger partial charge in [0.1, 0.15) is 10.9 Å². The lowest BCUT2D eigenvalue weighted by molar-refractivity contribution is 0.0682. The van der Waals surface area contributed by atoms with Crippen LogP contribution >= 0.6 is 0 Å². The number of carbonyl (C=O) groups is 1. The third kappa shape index (κ3) is 3.99. The van der Waals surface area contributed by atoms with E-state index in [4.69, 9.17) is 4.52 Å². The molecular weight excluding hydrogens is 394 g/mol. The lowest BCUT2D eigenvalue weighted by atomic mass is 9.86. The van der Waals surface area contributed by atoms with E-state index in [1.165, 1.54) is 6.26 Å². The Kier molecular flexibility index (Phi) is 5.05. The first-order valence-corrected chi connectivity index (χ1v) is 11.3. The van der Waals surface area contributed by atoms with Crippen LogP contribution in [-0.2, 0) is 9.84 Å². The van der Waals surface area contributed by atoms with Gasteiger partial charge in [-0.2, -0.15) is 0 Å². The van der Waals surface area contributed by atoms with Gasteiger partial charge in [0.15, 0.2) is 9.84 Å². The molecule has 1 fully saturated rings. The highest BCUT2D eigenvalue weighted by atomic mass is 32.2. The molecule has 1 amide bonds. The van der Waals surface area contributed by atoms with Crippen LogP contribution in [0.1, 0.15) is 30.3 Å². The third-order valence-corrected chi connectivity index (χ3v) is 6.88. The number of hydrogen-bond acceptors (Lipinski definition) is 8. The Morgan fingerprint density at radius 3 is 2.72 bits per heavy atom. The summed E-state index contributed by atoms with van der Waals surface area (Å²) in [5.41, 5.74) is 8.00. The Labute approximate surface area is 169 Å². The molecule has 3 N–H and O–H groups in total. The minimum atomic E-state index is -3.21. The molecule has 0 bridgehead atoms. The van der Waals surface area contributed by atoms with E-state index in [1.807, 2.05) is 35.3 Å². The quantitative estimate of drug-likeness (QED) is 0.642. The van der Waals surface area contributed by atoms with Gasteiger partial charge in [-0.3, -0.25) is 9.80 Å². The van der Waals surface area contributed by atoms with Crippen LogP contribution in [0.5, 0.6) is 0 Å². The highest BCUT2D eigenvalue weighted by Crippen LogP contribution is 2.30. The van der Waals surface area contributed by atoms with Crippen LogP contribution in [0.25, 0.3) is 11.3 Å². The Morgan fingerprint density at radius 2 is 2.03 bits per heavy atom. The number of nitrogens with zero attached hydrogens (tertiary/aromatic N) is 2. The summed E-state index contributed by atoms with van der Waals surface area (Å²) in [6.45, 7) is 1.66. The van der Waals surface area contributed by atoms with Gasteiger partial charge in [-0.15, -0.1) is 5.53 Å². The molecule has 10 heteroatoms. The van der Waals surface area contributed by atoms with Crippen LogP contribution in [0.15, 0.2) is 52.8 Å². The highest BCUT2D eigenvalue weighted by molar-refractivity contribution is 7.91. The predicted molar refractivity (Wildman–Crippen MR) is 107 cm³/mol. The van der Waals surface area contributed by atoms with Crippen LogP contribution in [0.3, 0.4) is 0 Å². The maximum atomic E-state index is 12.4. The van der Waals surface area contributed by atoms with Crippen LogP contribution < -0.4 is 16.3 Å². The van der Waals surface area contributed by atoms with E-state index in [0.29, 0.717) is 24.2 Å². The van der Waals surface area contributed by atoms with E-state index in [9.17, 15) is 13.2 Å². The Bertz CT molecular complexity index is 1030. The number of aromatic nitrogens is 1. The molecule has 1 aromatic heterocycles. The summed E-state index contributed by atoms with van der Waals surface area (Å²) < 4.78 is 28.9. The molecule has 4 rings (SSSR count). The molecule has 0 spiro atoms. The number of rotatable bonds is 6. The van der Waals surface area contributed by atoms with Crippen molar-refractivity contribution >= 4 is 15.7 Å². The maximum absolute atomic E-state index is 12.4. The van der Waals surface area contributed by atoms with Gasteiger partial charge in [0, 0.05) is 30.1 Å². The fourth-order valence-electron chi connectivity index (χ4n) is 3.44. The lowest BCUT2D eigenvalue weighted by Gasteiger charge is -2.43. The molecule has 29 heavy (non-hydrogen) atoms. The number of hydrogen-bond donors (Lipinski definition) is 3. The topological polar surface area (TPSA) is 117 Å². The van der Waals surface area contributed by atoms with Crippen molar-refractivity contribution in [3.8, 4) is 11.3 Å². The van der Waals surface area contributed by atoms with E-state index in [0.717, 1.165) is 5.56 Å². The summed E-state index contributed by atoms with van der Waals surface area (Å²) in [5.74, 6) is -0.143. The average Bonchev–Trinajstić information content (AvgIpc) is 3.33. The van der Waals surface area contributed by atoms with Crippen molar-refractivity contribution in [2.75, 3.05) is 6.26 Å². The monoisotopic (exact) mass is 417 g/mol. The number of sulfone groups is 1. The summed E-state index contributed by atoms with van der Waals surface area (Å²) >= 11 is 0. The van der Waals surface area contributed by atoms with Gasteiger partial charge < -0.3 is 15.3 Å². The molecule has 1 saturated carbocycles. The second-order valence-corrected chi connectivity index (χ2v) is 9.77. The minimum Gasteiger partial charge on any atom is -0.350 e. The normalized spacial score (nSPS) is 22.4. The third-order valence-electron chi connectivity index (χ3n) is 5.36. The molecule has 0 saturated heterocycles. The van der Waals surface area contributed by atoms with Gasteiger partial charge in [-0.1, -0.05) is 35.5 Å².